The first-order chi connectivity index (χ1) is 6.19. The number of nitrogens with two attached hydrogens (primary N) is 1. The third-order valence-corrected chi connectivity index (χ3v) is 2.39. The van der Waals surface area contributed by atoms with Crippen LogP contribution in [0.4, 0.5) is 4.39 Å². The van der Waals surface area contributed by atoms with Crippen LogP contribution in [-0.2, 0) is 0 Å². The summed E-state index contributed by atoms with van der Waals surface area (Å²) >= 11 is 3.30. The molecule has 5 heteroatoms. The molecule has 0 aliphatic rings. The van der Waals surface area contributed by atoms with Gasteiger partial charge in [0.05, 0.1) is 17.6 Å². The molecule has 0 aliphatic carbocycles. The molecular weight excluding hydrogens is 272 g/mol. The molecule has 0 spiro atoms. The summed E-state index contributed by atoms with van der Waals surface area (Å²) in [5.41, 5.74) is 6.28. The van der Waals surface area contributed by atoms with Crippen LogP contribution >= 0.6 is 28.3 Å². The summed E-state index contributed by atoms with van der Waals surface area (Å²) in [6.07, 6.45) is 0. The van der Waals surface area contributed by atoms with Gasteiger partial charge in [0.1, 0.15) is 12.4 Å². The summed E-state index contributed by atoms with van der Waals surface area (Å²) in [4.78, 5) is 0. The fourth-order valence-electron chi connectivity index (χ4n) is 1.00. The van der Waals surface area contributed by atoms with Crippen LogP contribution in [0.15, 0.2) is 22.7 Å². The van der Waals surface area contributed by atoms with Crippen LogP contribution < -0.4 is 10.5 Å². The zero-order valence-corrected chi connectivity index (χ0v) is 10.1. The van der Waals surface area contributed by atoms with Gasteiger partial charge in [-0.3, -0.25) is 0 Å². The monoisotopic (exact) mass is 283 g/mol. The van der Waals surface area contributed by atoms with E-state index in [2.05, 4.69) is 15.9 Å². The highest BCUT2D eigenvalue weighted by molar-refractivity contribution is 9.10. The van der Waals surface area contributed by atoms with Crippen LogP contribution in [0.3, 0.4) is 0 Å². The van der Waals surface area contributed by atoms with E-state index in [9.17, 15) is 4.39 Å². The van der Waals surface area contributed by atoms with Crippen molar-refractivity contribution in [3.05, 3.63) is 28.2 Å². The molecule has 2 nitrogen and oxygen atoms in total. The summed E-state index contributed by atoms with van der Waals surface area (Å²) in [7, 11) is 1.58. The number of alkyl halides is 1. The third-order valence-electron chi connectivity index (χ3n) is 1.77. The number of hydrogen-bond donors (Lipinski definition) is 1. The van der Waals surface area contributed by atoms with Crippen molar-refractivity contribution in [3.8, 4) is 5.75 Å². The van der Waals surface area contributed by atoms with Gasteiger partial charge in [0, 0.05) is 0 Å². The second-order valence-corrected chi connectivity index (χ2v) is 3.51. The van der Waals surface area contributed by atoms with Crippen LogP contribution in [0.1, 0.15) is 11.6 Å². The average molecular weight is 285 g/mol. The van der Waals surface area contributed by atoms with E-state index in [1.54, 1.807) is 25.3 Å². The Morgan fingerprint density at radius 1 is 1.57 bits per heavy atom. The van der Waals surface area contributed by atoms with Crippen LogP contribution in [0, 0.1) is 0 Å². The van der Waals surface area contributed by atoms with E-state index in [1.165, 1.54) is 0 Å². The Morgan fingerprint density at radius 2 is 2.21 bits per heavy atom. The molecule has 1 aromatic rings. The lowest BCUT2D eigenvalue weighted by molar-refractivity contribution is 0.410. The maximum Gasteiger partial charge on any atom is 0.133 e. The van der Waals surface area contributed by atoms with Crippen molar-refractivity contribution in [2.75, 3.05) is 13.8 Å². The van der Waals surface area contributed by atoms with Crippen LogP contribution in [-0.4, -0.2) is 13.8 Å². The number of hydrogen-bond acceptors (Lipinski definition) is 2. The summed E-state index contributed by atoms with van der Waals surface area (Å²) < 4.78 is 18.0. The predicted molar refractivity (Wildman–Crippen MR) is 60.8 cm³/mol. The van der Waals surface area contributed by atoms with Gasteiger partial charge in [-0.15, -0.1) is 12.4 Å². The van der Waals surface area contributed by atoms with E-state index in [1.807, 2.05) is 0 Å². The van der Waals surface area contributed by atoms with Gasteiger partial charge in [0.2, 0.25) is 0 Å². The van der Waals surface area contributed by atoms with Gasteiger partial charge in [0.15, 0.2) is 0 Å². The van der Waals surface area contributed by atoms with Crippen molar-refractivity contribution in [1.29, 1.82) is 0 Å². The molecule has 0 amide bonds. The highest BCUT2D eigenvalue weighted by Crippen LogP contribution is 2.27. The Bertz CT molecular complexity index is 298. The Morgan fingerprint density at radius 3 is 2.64 bits per heavy atom. The summed E-state index contributed by atoms with van der Waals surface area (Å²) in [6.45, 7) is -0.557. The van der Waals surface area contributed by atoms with E-state index in [4.69, 9.17) is 10.5 Å². The molecule has 0 fully saturated rings. The zero-order valence-electron chi connectivity index (χ0n) is 7.67. The van der Waals surface area contributed by atoms with E-state index >= 15 is 0 Å². The Balaban J connectivity index is 0.00000169. The lowest BCUT2D eigenvalue weighted by atomic mass is 10.1. The molecule has 1 aromatic carbocycles. The smallest absolute Gasteiger partial charge is 0.133 e. The molecule has 0 heterocycles. The predicted octanol–water partition coefficient (Wildman–Crippen LogP) is 2.85. The van der Waals surface area contributed by atoms with Gasteiger partial charge in [-0.1, -0.05) is 6.07 Å². The molecule has 0 saturated heterocycles. The number of rotatable bonds is 3. The van der Waals surface area contributed by atoms with E-state index in [0.717, 1.165) is 15.8 Å². The molecule has 0 radical (unpaired) electrons. The number of ether oxygens (including phenoxy) is 1. The highest BCUT2D eigenvalue weighted by atomic mass is 79.9. The van der Waals surface area contributed by atoms with E-state index in [0.29, 0.717) is 0 Å². The molecule has 1 rings (SSSR count). The topological polar surface area (TPSA) is 35.2 Å². The number of benzene rings is 1. The maximum absolute atomic E-state index is 12.2. The van der Waals surface area contributed by atoms with Gasteiger partial charge in [-0.05, 0) is 33.6 Å². The van der Waals surface area contributed by atoms with Gasteiger partial charge < -0.3 is 10.5 Å². The Hall–Kier alpha value is -0.320. The van der Waals surface area contributed by atoms with Gasteiger partial charge >= 0.3 is 0 Å². The second-order valence-electron chi connectivity index (χ2n) is 2.65. The fraction of sp³-hybridized carbons (Fsp3) is 0.333. The minimum atomic E-state index is -0.557. The summed E-state index contributed by atoms with van der Waals surface area (Å²) in [5, 5.41) is 0. The van der Waals surface area contributed by atoms with Gasteiger partial charge in [-0.2, -0.15) is 0 Å². The van der Waals surface area contributed by atoms with E-state index < -0.39 is 12.7 Å². The lowest BCUT2D eigenvalue weighted by Gasteiger charge is -2.09. The largest absolute Gasteiger partial charge is 0.496 e. The maximum atomic E-state index is 12.2. The van der Waals surface area contributed by atoms with Crippen molar-refractivity contribution >= 4 is 28.3 Å². The second kappa shape index (κ2) is 6.22. The molecule has 0 aromatic heterocycles. The number of methoxy groups -OCH3 is 1. The summed E-state index contributed by atoms with van der Waals surface area (Å²) in [6, 6.07) is 4.73. The molecule has 0 unspecified atom stereocenters. The molecular formula is C9H12BrClFNO. The minimum Gasteiger partial charge on any atom is -0.496 e. The van der Waals surface area contributed by atoms with Crippen LogP contribution in [0.5, 0.6) is 5.75 Å². The van der Waals surface area contributed by atoms with Gasteiger partial charge in [0.25, 0.3) is 0 Å². The Kier molecular flexibility index (Phi) is 6.08. The first-order valence-corrected chi connectivity index (χ1v) is 4.63. The van der Waals surface area contributed by atoms with Crippen LogP contribution in [0.25, 0.3) is 0 Å². The molecule has 1 atom stereocenters. The lowest BCUT2D eigenvalue weighted by Crippen LogP contribution is -2.11. The fourth-order valence-corrected chi connectivity index (χ4v) is 1.56. The first kappa shape index (κ1) is 13.7. The highest BCUT2D eigenvalue weighted by Gasteiger charge is 2.07. The molecule has 2 N–H and O–H groups in total. The normalized spacial score (nSPS) is 11.7. The molecule has 0 bridgehead atoms. The first-order valence-electron chi connectivity index (χ1n) is 3.84. The van der Waals surface area contributed by atoms with Crippen molar-refractivity contribution < 1.29 is 9.13 Å². The summed E-state index contributed by atoms with van der Waals surface area (Å²) in [5.74, 6) is 0.717. The minimum absolute atomic E-state index is 0. The van der Waals surface area contributed by atoms with Gasteiger partial charge in [-0.25, -0.2) is 4.39 Å². The quantitative estimate of drug-likeness (QED) is 0.926. The van der Waals surface area contributed by atoms with Crippen molar-refractivity contribution in [3.63, 3.8) is 0 Å². The van der Waals surface area contributed by atoms with Crippen molar-refractivity contribution in [1.82, 2.24) is 0 Å². The Labute approximate surface area is 97.2 Å². The average Bonchev–Trinajstić information content (AvgIpc) is 2.16. The zero-order chi connectivity index (χ0) is 9.84. The standard InChI is InChI=1S/C9H11BrFNO.ClH/c1-13-9-3-2-6(4-7(9)10)8(12)5-11;/h2-4,8H,5,12H2,1H3;1H/t8-;/m1./s1. The van der Waals surface area contributed by atoms with Crippen molar-refractivity contribution in [2.24, 2.45) is 5.73 Å². The molecule has 0 saturated carbocycles. The molecule has 80 valence electrons. The molecule has 0 aliphatic heterocycles. The third kappa shape index (κ3) is 3.12. The van der Waals surface area contributed by atoms with Crippen LogP contribution in [0.2, 0.25) is 0 Å². The van der Waals surface area contributed by atoms with Crippen molar-refractivity contribution in [2.45, 2.75) is 6.04 Å². The van der Waals surface area contributed by atoms with E-state index in [-0.39, 0.29) is 12.4 Å². The number of halogens is 3. The molecule has 14 heavy (non-hydrogen) atoms. The SMILES string of the molecule is COc1ccc([C@H](N)CF)cc1Br.Cl.